The molecule has 0 aliphatic carbocycles. The van der Waals surface area contributed by atoms with Gasteiger partial charge in [0.15, 0.2) is 11.5 Å². The molecule has 38 heavy (non-hydrogen) atoms. The van der Waals surface area contributed by atoms with Gasteiger partial charge in [-0.25, -0.2) is 4.79 Å². The van der Waals surface area contributed by atoms with Crippen molar-refractivity contribution in [2.24, 2.45) is 0 Å². The number of esters is 1. The van der Waals surface area contributed by atoms with E-state index in [1.54, 1.807) is 0 Å². The van der Waals surface area contributed by atoms with E-state index in [0.717, 1.165) is 30.5 Å². The Bertz CT molecular complexity index is 1210. The summed E-state index contributed by atoms with van der Waals surface area (Å²) in [5, 5.41) is 13.3. The minimum absolute atomic E-state index is 0.0598. The predicted octanol–water partition coefficient (Wildman–Crippen LogP) is 5.50. The molecule has 3 rings (SSSR count). The summed E-state index contributed by atoms with van der Waals surface area (Å²) in [5.74, 6) is -1.70. The van der Waals surface area contributed by atoms with Crippen molar-refractivity contribution < 1.29 is 24.2 Å². The van der Waals surface area contributed by atoms with Crippen LogP contribution in [0.2, 0.25) is 10.0 Å². The van der Waals surface area contributed by atoms with Gasteiger partial charge in [-0.1, -0.05) is 83.9 Å². The highest BCUT2D eigenvalue weighted by atomic mass is 35.5. The molecule has 2 N–H and O–H groups in total. The molecule has 9 heteroatoms. The van der Waals surface area contributed by atoms with Gasteiger partial charge in [0.25, 0.3) is 5.91 Å². The van der Waals surface area contributed by atoms with Crippen LogP contribution in [0.4, 0.5) is 0 Å². The van der Waals surface area contributed by atoms with Gasteiger partial charge in [-0.3, -0.25) is 4.79 Å². The molecule has 0 saturated heterocycles. The second-order valence-electron chi connectivity index (χ2n) is 9.07. The van der Waals surface area contributed by atoms with Crippen molar-refractivity contribution in [2.45, 2.75) is 31.9 Å². The molecule has 1 atom stereocenters. The fourth-order valence-electron chi connectivity index (χ4n) is 3.71. The number of unbranched alkanes of at least 4 members (excludes halogenated alkanes) is 1. The second kappa shape index (κ2) is 14.6. The third kappa shape index (κ3) is 8.65. The lowest BCUT2D eigenvalue weighted by molar-refractivity contribution is -0.147. The first-order valence-electron chi connectivity index (χ1n) is 12.3. The van der Waals surface area contributed by atoms with E-state index in [1.807, 2.05) is 74.8 Å². The van der Waals surface area contributed by atoms with Crippen LogP contribution in [0.3, 0.4) is 0 Å². The second-order valence-corrected chi connectivity index (χ2v) is 9.85. The van der Waals surface area contributed by atoms with E-state index in [4.69, 9.17) is 32.7 Å². The van der Waals surface area contributed by atoms with E-state index in [2.05, 4.69) is 10.2 Å². The fourth-order valence-corrected chi connectivity index (χ4v) is 4.27. The summed E-state index contributed by atoms with van der Waals surface area (Å²) < 4.78 is 11.2. The first-order valence-corrected chi connectivity index (χ1v) is 13.1. The molecule has 0 saturated carbocycles. The molecule has 7 nitrogen and oxygen atoms in total. The molecular weight excluding hydrogens is 527 g/mol. The summed E-state index contributed by atoms with van der Waals surface area (Å²) in [6, 6.07) is 18.7. The summed E-state index contributed by atoms with van der Waals surface area (Å²) in [7, 11) is 3.98. The normalized spacial score (nSPS) is 11.7. The molecule has 0 unspecified atom stereocenters. The highest BCUT2D eigenvalue weighted by molar-refractivity contribution is 6.39. The van der Waals surface area contributed by atoms with Crippen molar-refractivity contribution in [2.75, 3.05) is 27.2 Å². The van der Waals surface area contributed by atoms with Gasteiger partial charge >= 0.3 is 5.97 Å². The number of aromatic hydroxyl groups is 1. The van der Waals surface area contributed by atoms with Crippen LogP contribution in [0.25, 0.3) is 0 Å². The Hall–Kier alpha value is -3.26. The Balaban J connectivity index is 1.73. The molecular formula is C29H32Cl2N2O5. The Kier molecular flexibility index (Phi) is 11.3. The number of rotatable bonds is 13. The first kappa shape index (κ1) is 29.3. The maximum atomic E-state index is 13.2. The standard InChI is InChI=1S/C29H32Cl2N2O5/c1-33(2)15-9-10-16-37-27-23(30)18-22(26(34)25(27)31)28(35)32-24(17-20-11-5-3-6-12-20)29(36)38-19-21-13-7-4-8-14-21/h3-8,11-14,18,24,34H,9-10,15-17,19H2,1-2H3,(H,32,35)/t24-/m0/s1. The summed E-state index contributed by atoms with van der Waals surface area (Å²) in [4.78, 5) is 28.3. The summed E-state index contributed by atoms with van der Waals surface area (Å²) in [6.45, 7) is 1.32. The Labute approximate surface area is 233 Å². The highest BCUT2D eigenvalue weighted by Gasteiger charge is 2.27. The number of nitrogens with zero attached hydrogens (tertiary/aromatic N) is 1. The summed E-state index contributed by atoms with van der Waals surface area (Å²) >= 11 is 12.7. The van der Waals surface area contributed by atoms with Crippen molar-refractivity contribution in [1.82, 2.24) is 10.2 Å². The third-order valence-electron chi connectivity index (χ3n) is 5.74. The van der Waals surface area contributed by atoms with Crippen LogP contribution >= 0.6 is 23.2 Å². The van der Waals surface area contributed by atoms with Gasteiger partial charge in [0, 0.05) is 6.42 Å². The largest absolute Gasteiger partial charge is 0.505 e. The lowest BCUT2D eigenvalue weighted by Crippen LogP contribution is -2.43. The van der Waals surface area contributed by atoms with Gasteiger partial charge in [-0.05, 0) is 50.7 Å². The number of ether oxygens (including phenoxy) is 2. The number of benzene rings is 3. The first-order chi connectivity index (χ1) is 18.3. The average molecular weight is 559 g/mol. The lowest BCUT2D eigenvalue weighted by Gasteiger charge is -2.19. The SMILES string of the molecule is CN(C)CCCCOc1c(Cl)cc(C(=O)N[C@@H](Cc2ccccc2)C(=O)OCc2ccccc2)c(O)c1Cl. The Morgan fingerprint density at radius 3 is 2.24 bits per heavy atom. The maximum absolute atomic E-state index is 13.2. The monoisotopic (exact) mass is 558 g/mol. The van der Waals surface area contributed by atoms with Crippen LogP contribution in [-0.2, 0) is 22.6 Å². The molecule has 0 aliphatic heterocycles. The summed E-state index contributed by atoms with van der Waals surface area (Å²) in [6.07, 6.45) is 1.87. The van der Waals surface area contributed by atoms with Gasteiger partial charge in [-0.15, -0.1) is 0 Å². The van der Waals surface area contributed by atoms with Crippen LogP contribution in [0.5, 0.6) is 11.5 Å². The number of phenolic OH excluding ortho intramolecular Hbond substituents is 1. The molecule has 0 aliphatic rings. The Morgan fingerprint density at radius 2 is 1.61 bits per heavy atom. The van der Waals surface area contributed by atoms with Crippen LogP contribution in [0, 0.1) is 0 Å². The van der Waals surface area contributed by atoms with Crippen LogP contribution in [0.15, 0.2) is 66.7 Å². The summed E-state index contributed by atoms with van der Waals surface area (Å²) in [5.41, 5.74) is 1.47. The highest BCUT2D eigenvalue weighted by Crippen LogP contribution is 2.42. The predicted molar refractivity (Wildman–Crippen MR) is 149 cm³/mol. The van der Waals surface area contributed by atoms with Gasteiger partial charge < -0.3 is 24.8 Å². The number of phenols is 1. The van der Waals surface area contributed by atoms with Crippen molar-refractivity contribution in [1.29, 1.82) is 0 Å². The molecule has 3 aromatic carbocycles. The van der Waals surface area contributed by atoms with Gasteiger partial charge in [-0.2, -0.15) is 0 Å². The fraction of sp³-hybridized carbons (Fsp3) is 0.310. The molecule has 1 amide bonds. The smallest absolute Gasteiger partial charge is 0.329 e. The zero-order valence-corrected chi connectivity index (χ0v) is 23.0. The lowest BCUT2D eigenvalue weighted by atomic mass is 10.0. The molecule has 0 spiro atoms. The Morgan fingerprint density at radius 1 is 0.974 bits per heavy atom. The quantitative estimate of drug-likeness (QED) is 0.212. The number of hydrogen-bond acceptors (Lipinski definition) is 6. The molecule has 0 radical (unpaired) electrons. The van der Waals surface area contributed by atoms with E-state index in [0.29, 0.717) is 6.61 Å². The molecule has 3 aromatic rings. The third-order valence-corrected chi connectivity index (χ3v) is 6.37. The number of carbonyl (C=O) groups excluding carboxylic acids is 2. The van der Waals surface area contributed by atoms with Crippen LogP contribution < -0.4 is 10.1 Å². The van der Waals surface area contributed by atoms with E-state index < -0.39 is 23.7 Å². The number of halogens is 2. The number of hydrogen-bond donors (Lipinski definition) is 2. The number of amides is 1. The van der Waals surface area contributed by atoms with Gasteiger partial charge in [0.2, 0.25) is 0 Å². The van der Waals surface area contributed by atoms with Crippen molar-refractivity contribution in [3.05, 3.63) is 93.5 Å². The van der Waals surface area contributed by atoms with Crippen LogP contribution in [-0.4, -0.2) is 55.2 Å². The minimum Gasteiger partial charge on any atom is -0.505 e. The topological polar surface area (TPSA) is 88.1 Å². The van der Waals surface area contributed by atoms with Crippen LogP contribution in [0.1, 0.15) is 34.3 Å². The molecule has 0 bridgehead atoms. The number of carbonyl (C=O) groups is 2. The van der Waals surface area contributed by atoms with E-state index in [1.165, 1.54) is 6.07 Å². The number of nitrogens with one attached hydrogen (secondary N) is 1. The molecule has 202 valence electrons. The van der Waals surface area contributed by atoms with Crippen molar-refractivity contribution in [3.63, 3.8) is 0 Å². The zero-order chi connectivity index (χ0) is 27.5. The maximum Gasteiger partial charge on any atom is 0.329 e. The average Bonchev–Trinajstić information content (AvgIpc) is 2.91. The van der Waals surface area contributed by atoms with E-state index in [-0.39, 0.29) is 34.4 Å². The molecule has 0 aromatic heterocycles. The van der Waals surface area contributed by atoms with E-state index >= 15 is 0 Å². The van der Waals surface area contributed by atoms with E-state index in [9.17, 15) is 14.7 Å². The molecule has 0 fully saturated rings. The van der Waals surface area contributed by atoms with Gasteiger partial charge in [0.1, 0.15) is 17.7 Å². The molecule has 0 heterocycles. The minimum atomic E-state index is -1.02. The van der Waals surface area contributed by atoms with Gasteiger partial charge in [0.05, 0.1) is 17.2 Å². The zero-order valence-electron chi connectivity index (χ0n) is 21.5. The van der Waals surface area contributed by atoms with Crippen molar-refractivity contribution in [3.8, 4) is 11.5 Å². The van der Waals surface area contributed by atoms with Crippen molar-refractivity contribution >= 4 is 35.1 Å².